The Labute approximate surface area is 171 Å². The van der Waals surface area contributed by atoms with E-state index in [9.17, 15) is 9.59 Å². The molecule has 2 aliphatic rings. The highest BCUT2D eigenvalue weighted by Crippen LogP contribution is 2.39. The molecule has 0 saturated carbocycles. The van der Waals surface area contributed by atoms with Gasteiger partial charge in [-0.3, -0.25) is 19.6 Å². The van der Waals surface area contributed by atoms with Crippen LogP contribution in [0.1, 0.15) is 42.5 Å². The maximum Gasteiger partial charge on any atom is 0.256 e. The zero-order valence-corrected chi connectivity index (χ0v) is 17.0. The lowest BCUT2D eigenvalue weighted by molar-refractivity contribution is -0.139. The quantitative estimate of drug-likeness (QED) is 0.726. The van der Waals surface area contributed by atoms with Gasteiger partial charge in [0, 0.05) is 64.1 Å². The average molecular weight is 396 g/mol. The molecule has 2 aliphatic heterocycles. The number of piperidine rings is 2. The molecule has 7 heteroatoms. The Balaban J connectivity index is 1.51. The summed E-state index contributed by atoms with van der Waals surface area (Å²) in [6, 6.07) is 5.57. The number of rotatable bonds is 5. The third-order valence-electron chi connectivity index (χ3n) is 6.20. The lowest BCUT2D eigenvalue weighted by Gasteiger charge is -2.48. The van der Waals surface area contributed by atoms with E-state index in [0.29, 0.717) is 30.7 Å². The number of nitrogens with zero attached hydrogens (tertiary/aromatic N) is 4. The summed E-state index contributed by atoms with van der Waals surface area (Å²) in [5.74, 6) is 0.234. The number of carbonyl (C=O) groups excluding carboxylic acids is 2. The van der Waals surface area contributed by atoms with E-state index in [1.165, 1.54) is 0 Å². The standard InChI is InChI=1S/C22H28N4O3/c1-29-14-4-13-25-15-22(9-7-19(25)27)8-3-12-26(16-22)21(28)17-5-2-6-18-20(17)24-11-10-23-18/h2,5-6,10-11H,3-4,7-9,12-16H2,1H3/t22-/m0/s1. The second-order valence-electron chi connectivity index (χ2n) is 8.22. The summed E-state index contributed by atoms with van der Waals surface area (Å²) in [5, 5.41) is 0. The third-order valence-corrected chi connectivity index (χ3v) is 6.20. The van der Waals surface area contributed by atoms with Crippen LogP contribution in [0, 0.1) is 5.41 Å². The molecule has 2 fully saturated rings. The van der Waals surface area contributed by atoms with E-state index in [1.807, 2.05) is 28.0 Å². The van der Waals surface area contributed by atoms with Crippen molar-refractivity contribution in [3.05, 3.63) is 36.2 Å². The lowest BCUT2D eigenvalue weighted by Crippen LogP contribution is -2.55. The molecule has 0 bridgehead atoms. The van der Waals surface area contributed by atoms with E-state index >= 15 is 0 Å². The summed E-state index contributed by atoms with van der Waals surface area (Å²) in [6.45, 7) is 3.55. The summed E-state index contributed by atoms with van der Waals surface area (Å²) in [5.41, 5.74) is 1.99. The first-order valence-electron chi connectivity index (χ1n) is 10.4. The molecule has 2 aromatic rings. The number of amides is 2. The van der Waals surface area contributed by atoms with Crippen molar-refractivity contribution in [2.24, 2.45) is 5.41 Å². The van der Waals surface area contributed by atoms with Crippen molar-refractivity contribution < 1.29 is 14.3 Å². The van der Waals surface area contributed by atoms with E-state index in [1.54, 1.807) is 19.5 Å². The number of benzene rings is 1. The van der Waals surface area contributed by atoms with E-state index in [-0.39, 0.29) is 17.2 Å². The molecular weight excluding hydrogens is 368 g/mol. The molecule has 7 nitrogen and oxygen atoms in total. The monoisotopic (exact) mass is 396 g/mol. The van der Waals surface area contributed by atoms with Crippen molar-refractivity contribution in [3.63, 3.8) is 0 Å². The third kappa shape index (κ3) is 4.10. The number of para-hydroxylation sites is 1. The highest BCUT2D eigenvalue weighted by atomic mass is 16.5. The van der Waals surface area contributed by atoms with Crippen LogP contribution < -0.4 is 0 Å². The Morgan fingerprint density at radius 2 is 2.07 bits per heavy atom. The van der Waals surface area contributed by atoms with Crippen molar-refractivity contribution in [2.45, 2.75) is 32.1 Å². The normalized spacial score (nSPS) is 22.4. The molecule has 2 saturated heterocycles. The minimum absolute atomic E-state index is 0.00878. The Morgan fingerprint density at radius 3 is 2.93 bits per heavy atom. The lowest BCUT2D eigenvalue weighted by atomic mass is 9.73. The molecule has 0 radical (unpaired) electrons. The Morgan fingerprint density at radius 1 is 1.21 bits per heavy atom. The van der Waals surface area contributed by atoms with Gasteiger partial charge in [0.15, 0.2) is 0 Å². The fourth-order valence-corrected chi connectivity index (χ4v) is 4.76. The van der Waals surface area contributed by atoms with Gasteiger partial charge in [-0.2, -0.15) is 0 Å². The summed E-state index contributed by atoms with van der Waals surface area (Å²) in [6.07, 6.45) is 7.55. The van der Waals surface area contributed by atoms with Crippen LogP contribution in [0.2, 0.25) is 0 Å². The number of aromatic nitrogens is 2. The molecule has 1 atom stereocenters. The van der Waals surface area contributed by atoms with Crippen molar-refractivity contribution >= 4 is 22.8 Å². The summed E-state index contributed by atoms with van der Waals surface area (Å²) >= 11 is 0. The van der Waals surface area contributed by atoms with Gasteiger partial charge in [-0.15, -0.1) is 0 Å². The van der Waals surface area contributed by atoms with Crippen LogP contribution in [0.15, 0.2) is 30.6 Å². The van der Waals surface area contributed by atoms with Gasteiger partial charge in [0.2, 0.25) is 5.91 Å². The molecule has 3 heterocycles. The van der Waals surface area contributed by atoms with Crippen LogP contribution in [0.25, 0.3) is 11.0 Å². The first-order valence-corrected chi connectivity index (χ1v) is 10.4. The van der Waals surface area contributed by atoms with Crippen molar-refractivity contribution in [1.82, 2.24) is 19.8 Å². The van der Waals surface area contributed by atoms with E-state index in [4.69, 9.17) is 4.74 Å². The average Bonchev–Trinajstić information content (AvgIpc) is 2.76. The first-order chi connectivity index (χ1) is 14.1. The van der Waals surface area contributed by atoms with Gasteiger partial charge in [0.25, 0.3) is 5.91 Å². The molecule has 29 heavy (non-hydrogen) atoms. The van der Waals surface area contributed by atoms with E-state index in [2.05, 4.69) is 9.97 Å². The van der Waals surface area contributed by atoms with Crippen molar-refractivity contribution in [2.75, 3.05) is 39.9 Å². The summed E-state index contributed by atoms with van der Waals surface area (Å²) < 4.78 is 5.14. The molecule has 0 aliphatic carbocycles. The van der Waals surface area contributed by atoms with Crippen LogP contribution in [-0.4, -0.2) is 71.5 Å². The first kappa shape index (κ1) is 19.8. The predicted molar refractivity (Wildman–Crippen MR) is 109 cm³/mol. The van der Waals surface area contributed by atoms with Crippen LogP contribution >= 0.6 is 0 Å². The fourth-order valence-electron chi connectivity index (χ4n) is 4.76. The molecule has 1 aromatic carbocycles. The molecule has 1 aromatic heterocycles. The van der Waals surface area contributed by atoms with Crippen LogP contribution in [-0.2, 0) is 9.53 Å². The number of methoxy groups -OCH3 is 1. The van der Waals surface area contributed by atoms with Crippen molar-refractivity contribution in [3.8, 4) is 0 Å². The molecule has 4 rings (SSSR count). The Hall–Kier alpha value is -2.54. The molecule has 0 N–H and O–H groups in total. The van der Waals surface area contributed by atoms with Gasteiger partial charge in [-0.05, 0) is 37.8 Å². The molecule has 1 spiro atoms. The Bertz CT molecular complexity index is 897. The van der Waals surface area contributed by atoms with Gasteiger partial charge in [-0.25, -0.2) is 0 Å². The second-order valence-corrected chi connectivity index (χ2v) is 8.22. The molecule has 0 unspecified atom stereocenters. The van der Waals surface area contributed by atoms with Crippen LogP contribution in [0.4, 0.5) is 0 Å². The second kappa shape index (κ2) is 8.45. The smallest absolute Gasteiger partial charge is 0.256 e. The Kier molecular flexibility index (Phi) is 5.76. The minimum Gasteiger partial charge on any atom is -0.385 e. The number of ether oxygens (including phenoxy) is 1. The largest absolute Gasteiger partial charge is 0.385 e. The number of carbonyl (C=O) groups is 2. The zero-order valence-electron chi connectivity index (χ0n) is 17.0. The number of hydrogen-bond acceptors (Lipinski definition) is 5. The summed E-state index contributed by atoms with van der Waals surface area (Å²) in [4.78, 5) is 38.4. The fraction of sp³-hybridized carbons (Fsp3) is 0.545. The highest BCUT2D eigenvalue weighted by molar-refractivity contribution is 6.04. The SMILES string of the molecule is COCCCN1C[C@]2(CCCN(C(=O)c3cccc4nccnc34)C2)CCC1=O. The van der Waals surface area contributed by atoms with E-state index < -0.39 is 0 Å². The number of likely N-dealkylation sites (tertiary alicyclic amines) is 2. The molecule has 154 valence electrons. The zero-order chi connectivity index (χ0) is 20.3. The van der Waals surface area contributed by atoms with Gasteiger partial charge >= 0.3 is 0 Å². The van der Waals surface area contributed by atoms with Crippen molar-refractivity contribution in [1.29, 1.82) is 0 Å². The number of fused-ring (bicyclic) bond motifs is 1. The highest BCUT2D eigenvalue weighted by Gasteiger charge is 2.42. The van der Waals surface area contributed by atoms with Gasteiger partial charge in [0.05, 0.1) is 11.1 Å². The van der Waals surface area contributed by atoms with Gasteiger partial charge in [0.1, 0.15) is 5.52 Å². The predicted octanol–water partition coefficient (Wildman–Crippen LogP) is 2.51. The summed E-state index contributed by atoms with van der Waals surface area (Å²) in [7, 11) is 1.68. The molecular formula is C22H28N4O3. The minimum atomic E-state index is -0.00878. The topological polar surface area (TPSA) is 75.6 Å². The maximum absolute atomic E-state index is 13.4. The van der Waals surface area contributed by atoms with Gasteiger partial charge < -0.3 is 14.5 Å². The molecule has 2 amide bonds. The van der Waals surface area contributed by atoms with Gasteiger partial charge in [-0.1, -0.05) is 6.07 Å². The number of hydrogen-bond donors (Lipinski definition) is 0. The van der Waals surface area contributed by atoms with Crippen LogP contribution in [0.5, 0.6) is 0 Å². The maximum atomic E-state index is 13.4. The van der Waals surface area contributed by atoms with Crippen LogP contribution in [0.3, 0.4) is 0 Å². The van der Waals surface area contributed by atoms with E-state index in [0.717, 1.165) is 50.8 Å².